The first-order chi connectivity index (χ1) is 10.3. The molecule has 1 atom stereocenters. The Bertz CT molecular complexity index is 839. The molecule has 0 aliphatic carbocycles. The van der Waals surface area contributed by atoms with Crippen LogP contribution in [-0.2, 0) is 19.6 Å². The van der Waals surface area contributed by atoms with E-state index in [0.717, 1.165) is 0 Å². The second-order valence-electron chi connectivity index (χ2n) is 4.47. The third-order valence-electron chi connectivity index (χ3n) is 2.96. The molecule has 0 amide bonds. The van der Waals surface area contributed by atoms with Crippen molar-refractivity contribution in [1.82, 2.24) is 9.71 Å². The first-order valence-corrected chi connectivity index (χ1v) is 8.34. The van der Waals surface area contributed by atoms with E-state index >= 15 is 0 Å². The first kappa shape index (κ1) is 17.0. The number of pyridine rings is 1. The summed E-state index contributed by atoms with van der Waals surface area (Å²) < 4.78 is 31.3. The van der Waals surface area contributed by atoms with Crippen molar-refractivity contribution in [2.45, 2.75) is 17.9 Å². The minimum absolute atomic E-state index is 0.0540. The number of ether oxygens (including phenoxy) is 1. The van der Waals surface area contributed by atoms with Gasteiger partial charge in [0.15, 0.2) is 0 Å². The fourth-order valence-electron chi connectivity index (χ4n) is 1.85. The Morgan fingerprint density at radius 1 is 1.32 bits per heavy atom. The Morgan fingerprint density at radius 3 is 2.64 bits per heavy atom. The molecule has 0 spiro atoms. The van der Waals surface area contributed by atoms with Crippen molar-refractivity contribution in [1.29, 1.82) is 0 Å². The van der Waals surface area contributed by atoms with Crippen molar-refractivity contribution in [3.63, 3.8) is 0 Å². The Hall–Kier alpha value is -1.41. The van der Waals surface area contributed by atoms with Crippen molar-refractivity contribution in [3.8, 4) is 0 Å². The smallest absolute Gasteiger partial charge is 0.323 e. The fraction of sp³-hybridized carbons (Fsp3) is 0.231. The lowest BCUT2D eigenvalue weighted by molar-refractivity contribution is -0.142. The van der Waals surface area contributed by atoms with Gasteiger partial charge in [-0.15, -0.1) is 0 Å². The molecule has 0 saturated carbocycles. The van der Waals surface area contributed by atoms with Crippen LogP contribution < -0.4 is 4.72 Å². The van der Waals surface area contributed by atoms with Gasteiger partial charge in [-0.25, -0.2) is 13.4 Å². The predicted octanol–water partition coefficient (Wildman–Crippen LogP) is 2.38. The van der Waals surface area contributed by atoms with Crippen LogP contribution in [0.2, 0.25) is 10.2 Å². The van der Waals surface area contributed by atoms with E-state index in [1.165, 1.54) is 38.4 Å². The summed E-state index contributed by atoms with van der Waals surface area (Å²) in [7, 11) is -2.74. The standard InChI is InChI=1S/C13H12Cl2N2O4S/c1-7(13(18)21-2)17-22(19,20)8-3-4-9-10(5-8)12(15)16-6-11(9)14/h3-7,17H,1-2H3/t7-/m1/s1. The highest BCUT2D eigenvalue weighted by Gasteiger charge is 2.23. The monoisotopic (exact) mass is 362 g/mol. The topological polar surface area (TPSA) is 85.4 Å². The maximum atomic E-state index is 12.3. The molecule has 1 aromatic carbocycles. The molecule has 1 aromatic heterocycles. The molecule has 22 heavy (non-hydrogen) atoms. The summed E-state index contributed by atoms with van der Waals surface area (Å²) in [6, 6.07) is 3.24. The number of carbonyl (C=O) groups is 1. The molecule has 0 aliphatic rings. The van der Waals surface area contributed by atoms with Crippen LogP contribution in [0.4, 0.5) is 0 Å². The largest absolute Gasteiger partial charge is 0.468 e. The average Bonchev–Trinajstić information content (AvgIpc) is 2.49. The van der Waals surface area contributed by atoms with E-state index in [-0.39, 0.29) is 10.0 Å². The van der Waals surface area contributed by atoms with Crippen LogP contribution in [-0.4, -0.2) is 32.5 Å². The molecule has 0 aliphatic heterocycles. The number of carbonyl (C=O) groups excluding carboxylic acids is 1. The van der Waals surface area contributed by atoms with Crippen molar-refractivity contribution < 1.29 is 17.9 Å². The molecular formula is C13H12Cl2N2O4S. The lowest BCUT2D eigenvalue weighted by Gasteiger charge is -2.13. The molecule has 118 valence electrons. The normalized spacial score (nSPS) is 13.1. The summed E-state index contributed by atoms with van der Waals surface area (Å²) in [5.41, 5.74) is 0. The maximum absolute atomic E-state index is 12.3. The van der Waals surface area contributed by atoms with E-state index in [2.05, 4.69) is 14.4 Å². The van der Waals surface area contributed by atoms with Gasteiger partial charge in [-0.3, -0.25) is 4.79 Å². The number of sulfonamides is 1. The summed E-state index contributed by atoms with van der Waals surface area (Å²) in [4.78, 5) is 15.2. The molecule has 0 unspecified atom stereocenters. The van der Waals surface area contributed by atoms with E-state index < -0.39 is 22.0 Å². The predicted molar refractivity (Wildman–Crippen MR) is 83.6 cm³/mol. The molecule has 2 rings (SSSR count). The van der Waals surface area contributed by atoms with Crippen LogP contribution in [0.3, 0.4) is 0 Å². The van der Waals surface area contributed by atoms with E-state index in [9.17, 15) is 13.2 Å². The molecule has 2 aromatic rings. The van der Waals surface area contributed by atoms with Crippen LogP contribution >= 0.6 is 23.2 Å². The van der Waals surface area contributed by atoms with Gasteiger partial charge in [0.1, 0.15) is 11.2 Å². The van der Waals surface area contributed by atoms with Crippen LogP contribution in [0.15, 0.2) is 29.3 Å². The quantitative estimate of drug-likeness (QED) is 0.666. The van der Waals surface area contributed by atoms with Crippen LogP contribution in [0.1, 0.15) is 6.92 Å². The van der Waals surface area contributed by atoms with Crippen LogP contribution in [0, 0.1) is 0 Å². The number of rotatable bonds is 4. The zero-order chi connectivity index (χ0) is 16.5. The Labute approximate surface area is 137 Å². The third kappa shape index (κ3) is 3.33. The van der Waals surface area contributed by atoms with Gasteiger partial charge in [-0.1, -0.05) is 29.3 Å². The number of hydrogen-bond donors (Lipinski definition) is 1. The number of fused-ring (bicyclic) bond motifs is 1. The van der Waals surface area contributed by atoms with E-state index in [4.69, 9.17) is 23.2 Å². The highest BCUT2D eigenvalue weighted by Crippen LogP contribution is 2.29. The molecule has 0 saturated heterocycles. The molecule has 1 N–H and O–H groups in total. The number of halogens is 2. The van der Waals surface area contributed by atoms with Crippen LogP contribution in [0.5, 0.6) is 0 Å². The number of hydrogen-bond acceptors (Lipinski definition) is 5. The fourth-order valence-corrected chi connectivity index (χ4v) is 3.48. The van der Waals surface area contributed by atoms with Crippen molar-refractivity contribution in [2.24, 2.45) is 0 Å². The van der Waals surface area contributed by atoms with E-state index in [1.807, 2.05) is 0 Å². The van der Waals surface area contributed by atoms with Gasteiger partial charge in [0.2, 0.25) is 10.0 Å². The summed E-state index contributed by atoms with van der Waals surface area (Å²) in [6.07, 6.45) is 1.39. The highest BCUT2D eigenvalue weighted by atomic mass is 35.5. The van der Waals surface area contributed by atoms with Gasteiger partial charge in [0, 0.05) is 17.0 Å². The number of nitrogens with zero attached hydrogens (tertiary/aromatic N) is 1. The Balaban J connectivity index is 2.46. The Morgan fingerprint density at radius 2 is 2.00 bits per heavy atom. The molecule has 9 heteroatoms. The van der Waals surface area contributed by atoms with Crippen molar-refractivity contribution >= 4 is 50.0 Å². The second-order valence-corrected chi connectivity index (χ2v) is 6.95. The third-order valence-corrected chi connectivity index (χ3v) is 5.10. The maximum Gasteiger partial charge on any atom is 0.323 e. The van der Waals surface area contributed by atoms with Crippen LogP contribution in [0.25, 0.3) is 10.8 Å². The number of esters is 1. The van der Waals surface area contributed by atoms with Gasteiger partial charge in [0.05, 0.1) is 17.0 Å². The zero-order valence-corrected chi connectivity index (χ0v) is 14.0. The van der Waals surface area contributed by atoms with E-state index in [1.54, 1.807) is 0 Å². The summed E-state index contributed by atoms with van der Waals surface area (Å²) in [6.45, 7) is 1.38. The molecular weight excluding hydrogens is 351 g/mol. The van der Waals surface area contributed by atoms with Gasteiger partial charge >= 0.3 is 5.97 Å². The SMILES string of the molecule is COC(=O)[C@@H](C)NS(=O)(=O)c1ccc2c(Cl)cnc(Cl)c2c1. The van der Waals surface area contributed by atoms with Gasteiger partial charge in [-0.2, -0.15) is 4.72 Å². The lowest BCUT2D eigenvalue weighted by Crippen LogP contribution is -2.39. The average molecular weight is 363 g/mol. The molecule has 1 heterocycles. The first-order valence-electron chi connectivity index (χ1n) is 6.10. The Kier molecular flexibility index (Phi) is 4.91. The lowest BCUT2D eigenvalue weighted by atomic mass is 10.2. The number of aromatic nitrogens is 1. The van der Waals surface area contributed by atoms with Gasteiger partial charge in [0.25, 0.3) is 0 Å². The van der Waals surface area contributed by atoms with Gasteiger partial charge < -0.3 is 4.74 Å². The highest BCUT2D eigenvalue weighted by molar-refractivity contribution is 7.89. The van der Waals surface area contributed by atoms with Crippen molar-refractivity contribution in [3.05, 3.63) is 34.6 Å². The molecule has 0 radical (unpaired) electrons. The number of benzene rings is 1. The molecule has 0 fully saturated rings. The summed E-state index contributed by atoms with van der Waals surface area (Å²) >= 11 is 12.0. The molecule has 6 nitrogen and oxygen atoms in total. The van der Waals surface area contributed by atoms with Gasteiger partial charge in [-0.05, 0) is 19.1 Å². The zero-order valence-electron chi connectivity index (χ0n) is 11.6. The van der Waals surface area contributed by atoms with E-state index in [0.29, 0.717) is 15.8 Å². The second kappa shape index (κ2) is 6.37. The minimum atomic E-state index is -3.92. The number of methoxy groups -OCH3 is 1. The number of nitrogens with one attached hydrogen (secondary N) is 1. The summed E-state index contributed by atoms with van der Waals surface area (Å²) in [5, 5.41) is 1.49. The minimum Gasteiger partial charge on any atom is -0.468 e. The summed E-state index contributed by atoms with van der Waals surface area (Å²) in [5.74, 6) is -0.688. The van der Waals surface area contributed by atoms with Crippen molar-refractivity contribution in [2.75, 3.05) is 7.11 Å². The molecule has 0 bridgehead atoms.